The lowest BCUT2D eigenvalue weighted by atomic mass is 9.89. The molecule has 0 aromatic heterocycles. The average molecular weight is 388 g/mol. The molecule has 144 valence electrons. The van der Waals surface area contributed by atoms with Crippen molar-refractivity contribution in [1.29, 1.82) is 0 Å². The third kappa shape index (κ3) is 4.53. The van der Waals surface area contributed by atoms with E-state index in [1.54, 1.807) is 0 Å². The molecule has 1 aromatic carbocycles. The van der Waals surface area contributed by atoms with Crippen LogP contribution in [0.2, 0.25) is 0 Å². The van der Waals surface area contributed by atoms with Gasteiger partial charge in [-0.3, -0.25) is 9.69 Å². The van der Waals surface area contributed by atoms with Gasteiger partial charge in [0, 0.05) is 31.4 Å². The Balaban J connectivity index is 1.50. The quantitative estimate of drug-likeness (QED) is 0.833. The molecule has 2 aliphatic heterocycles. The third-order valence-corrected chi connectivity index (χ3v) is 6.35. The lowest BCUT2D eigenvalue weighted by molar-refractivity contribution is -0.145. The molecule has 2 saturated heterocycles. The number of alkyl halides is 3. The lowest BCUT2D eigenvalue weighted by Crippen LogP contribution is -2.55. The van der Waals surface area contributed by atoms with Gasteiger partial charge in [-0.05, 0) is 42.7 Å². The summed E-state index contributed by atoms with van der Waals surface area (Å²) in [7, 11) is 0. The van der Waals surface area contributed by atoms with Crippen molar-refractivity contribution in [2.45, 2.75) is 43.6 Å². The number of halogens is 3. The van der Waals surface area contributed by atoms with Crippen LogP contribution in [0.1, 0.15) is 30.4 Å². The number of hydrogen-bond acceptors (Lipinski definition) is 4. The predicted molar refractivity (Wildman–Crippen MR) is 94.8 cm³/mol. The molecule has 0 aliphatic carbocycles. The molecule has 3 rings (SSSR count). The Morgan fingerprint density at radius 2 is 1.92 bits per heavy atom. The lowest BCUT2D eigenvalue weighted by Gasteiger charge is -2.39. The van der Waals surface area contributed by atoms with Gasteiger partial charge in [-0.2, -0.15) is 24.9 Å². The number of piperidine rings is 1. The molecule has 2 heterocycles. The molecule has 1 aromatic rings. The normalized spacial score (nSPS) is 23.8. The summed E-state index contributed by atoms with van der Waals surface area (Å²) in [5.41, 5.74) is -1.55. The number of carbonyl (C=O) groups excluding carboxylic acids is 1. The maximum absolute atomic E-state index is 12.6. The number of thioether (sulfide) groups is 1. The van der Waals surface area contributed by atoms with Crippen LogP contribution in [-0.4, -0.2) is 52.2 Å². The van der Waals surface area contributed by atoms with Crippen LogP contribution in [0.25, 0.3) is 0 Å². The Labute approximate surface area is 155 Å². The highest BCUT2D eigenvalue weighted by Crippen LogP contribution is 2.30. The van der Waals surface area contributed by atoms with Gasteiger partial charge in [-0.25, -0.2) is 0 Å². The minimum absolute atomic E-state index is 0.0995. The first kappa shape index (κ1) is 19.5. The summed E-state index contributed by atoms with van der Waals surface area (Å²) in [4.78, 5) is 14.7. The summed E-state index contributed by atoms with van der Waals surface area (Å²) in [6.45, 7) is 1.48. The van der Waals surface area contributed by atoms with Crippen LogP contribution in [0.5, 0.6) is 0 Å². The standard InChI is InChI=1S/C18H23F3N2O2S/c19-18(20,21)14-3-1-13(2-4-14)11-22-16(24)17(25)6-8-23(9-7-17)15-5-10-26-12-15/h1-4,15,25H,5-12H2,(H,22,24). The van der Waals surface area contributed by atoms with Gasteiger partial charge in [0.2, 0.25) is 0 Å². The molecule has 26 heavy (non-hydrogen) atoms. The van der Waals surface area contributed by atoms with Crippen molar-refractivity contribution in [3.05, 3.63) is 35.4 Å². The summed E-state index contributed by atoms with van der Waals surface area (Å²) in [6.07, 6.45) is -2.45. The Bertz CT molecular complexity index is 622. The zero-order valence-electron chi connectivity index (χ0n) is 14.4. The van der Waals surface area contributed by atoms with Crippen LogP contribution in [0.4, 0.5) is 13.2 Å². The number of benzene rings is 1. The highest BCUT2D eigenvalue weighted by atomic mass is 32.2. The first-order chi connectivity index (χ1) is 12.3. The molecule has 0 radical (unpaired) electrons. The molecule has 0 bridgehead atoms. The van der Waals surface area contributed by atoms with Crippen molar-refractivity contribution in [1.82, 2.24) is 10.2 Å². The van der Waals surface area contributed by atoms with Gasteiger partial charge in [0.05, 0.1) is 5.56 Å². The molecule has 0 spiro atoms. The minimum atomic E-state index is -4.37. The molecule has 8 heteroatoms. The van der Waals surface area contributed by atoms with E-state index in [9.17, 15) is 23.1 Å². The van der Waals surface area contributed by atoms with Gasteiger partial charge in [0.1, 0.15) is 5.60 Å². The second-order valence-corrected chi connectivity index (χ2v) is 8.11. The van der Waals surface area contributed by atoms with E-state index in [-0.39, 0.29) is 6.54 Å². The summed E-state index contributed by atoms with van der Waals surface area (Å²) in [6, 6.07) is 5.21. The Morgan fingerprint density at radius 1 is 1.27 bits per heavy atom. The van der Waals surface area contributed by atoms with Crippen LogP contribution in [-0.2, 0) is 17.5 Å². The van der Waals surface area contributed by atoms with E-state index in [2.05, 4.69) is 10.2 Å². The van der Waals surface area contributed by atoms with Crippen molar-refractivity contribution in [3.8, 4) is 0 Å². The van der Waals surface area contributed by atoms with E-state index >= 15 is 0 Å². The number of rotatable bonds is 4. The number of nitrogens with zero attached hydrogens (tertiary/aromatic N) is 1. The second-order valence-electron chi connectivity index (χ2n) is 6.96. The third-order valence-electron chi connectivity index (χ3n) is 5.20. The SMILES string of the molecule is O=C(NCc1ccc(C(F)(F)F)cc1)C1(O)CCN(C2CCSC2)CC1. The maximum atomic E-state index is 12.6. The van der Waals surface area contributed by atoms with E-state index in [1.807, 2.05) is 11.8 Å². The summed E-state index contributed by atoms with van der Waals surface area (Å²) in [5.74, 6) is 1.83. The van der Waals surface area contributed by atoms with Gasteiger partial charge in [-0.15, -0.1) is 0 Å². The second kappa shape index (κ2) is 7.78. The highest BCUT2D eigenvalue weighted by Gasteiger charge is 2.41. The summed E-state index contributed by atoms with van der Waals surface area (Å²) >= 11 is 1.94. The van der Waals surface area contributed by atoms with E-state index < -0.39 is 23.2 Å². The highest BCUT2D eigenvalue weighted by molar-refractivity contribution is 7.99. The zero-order chi connectivity index (χ0) is 18.8. The van der Waals surface area contributed by atoms with Crippen LogP contribution < -0.4 is 5.32 Å². The number of hydrogen-bond donors (Lipinski definition) is 2. The molecular weight excluding hydrogens is 365 g/mol. The molecule has 2 aliphatic rings. The molecule has 4 nitrogen and oxygen atoms in total. The van der Waals surface area contributed by atoms with Gasteiger partial charge in [0.15, 0.2) is 0 Å². The Hall–Kier alpha value is -1.25. The fourth-order valence-corrected chi connectivity index (χ4v) is 4.71. The smallest absolute Gasteiger partial charge is 0.380 e. The number of likely N-dealkylation sites (tertiary alicyclic amines) is 1. The van der Waals surface area contributed by atoms with E-state index in [1.165, 1.54) is 17.9 Å². The van der Waals surface area contributed by atoms with Crippen LogP contribution in [0, 0.1) is 0 Å². The van der Waals surface area contributed by atoms with E-state index in [0.29, 0.717) is 37.5 Å². The minimum Gasteiger partial charge on any atom is -0.380 e. The first-order valence-corrected chi connectivity index (χ1v) is 9.92. The molecule has 1 atom stereocenters. The maximum Gasteiger partial charge on any atom is 0.416 e. The Kier molecular flexibility index (Phi) is 5.84. The van der Waals surface area contributed by atoms with Crippen LogP contribution in [0.15, 0.2) is 24.3 Å². The Morgan fingerprint density at radius 3 is 2.46 bits per heavy atom. The topological polar surface area (TPSA) is 52.6 Å². The molecule has 2 fully saturated rings. The van der Waals surface area contributed by atoms with Gasteiger partial charge in [-0.1, -0.05) is 12.1 Å². The number of carbonyl (C=O) groups is 1. The first-order valence-electron chi connectivity index (χ1n) is 8.76. The van der Waals surface area contributed by atoms with Crippen LogP contribution in [0.3, 0.4) is 0 Å². The molecule has 0 saturated carbocycles. The largest absolute Gasteiger partial charge is 0.416 e. The number of amides is 1. The van der Waals surface area contributed by atoms with Crippen molar-refractivity contribution >= 4 is 17.7 Å². The molecule has 1 amide bonds. The molecule has 1 unspecified atom stereocenters. The van der Waals surface area contributed by atoms with Crippen molar-refractivity contribution in [2.24, 2.45) is 0 Å². The van der Waals surface area contributed by atoms with Crippen molar-refractivity contribution in [3.63, 3.8) is 0 Å². The molecular formula is C18H23F3N2O2S. The average Bonchev–Trinajstić information content (AvgIpc) is 3.14. The summed E-state index contributed by atoms with van der Waals surface area (Å²) in [5, 5.41) is 13.3. The molecule has 2 N–H and O–H groups in total. The van der Waals surface area contributed by atoms with E-state index in [4.69, 9.17) is 0 Å². The monoisotopic (exact) mass is 388 g/mol. The van der Waals surface area contributed by atoms with Crippen LogP contribution >= 0.6 is 11.8 Å². The number of nitrogens with one attached hydrogen (secondary N) is 1. The predicted octanol–water partition coefficient (Wildman–Crippen LogP) is 2.65. The van der Waals surface area contributed by atoms with Gasteiger partial charge >= 0.3 is 6.18 Å². The van der Waals surface area contributed by atoms with E-state index in [0.717, 1.165) is 24.3 Å². The fourth-order valence-electron chi connectivity index (χ4n) is 3.45. The number of aliphatic hydroxyl groups is 1. The van der Waals surface area contributed by atoms with Crippen molar-refractivity contribution in [2.75, 3.05) is 24.6 Å². The van der Waals surface area contributed by atoms with Crippen molar-refractivity contribution < 1.29 is 23.1 Å². The zero-order valence-corrected chi connectivity index (χ0v) is 15.2. The summed E-state index contributed by atoms with van der Waals surface area (Å²) < 4.78 is 37.7. The van der Waals surface area contributed by atoms with Gasteiger partial charge in [0.25, 0.3) is 5.91 Å². The fraction of sp³-hybridized carbons (Fsp3) is 0.611. The van der Waals surface area contributed by atoms with Gasteiger partial charge < -0.3 is 10.4 Å².